The van der Waals surface area contributed by atoms with Gasteiger partial charge >= 0.3 is 0 Å². The van der Waals surface area contributed by atoms with Crippen molar-refractivity contribution in [3.05, 3.63) is 28.0 Å². The number of benzene rings is 1. The number of ketones is 1. The number of Topliss-reactive ketones (excluding diaryl/α,β-unsaturated/α-hetero) is 1. The highest BCUT2D eigenvalue weighted by Crippen LogP contribution is 2.29. The lowest BCUT2D eigenvalue weighted by Gasteiger charge is -2.05. The normalized spacial score (nSPS) is 8.93. The van der Waals surface area contributed by atoms with Crippen LogP contribution in [0.3, 0.4) is 0 Å². The quantitative estimate of drug-likeness (QED) is 0.768. The minimum absolute atomic E-state index is 0.116. The van der Waals surface area contributed by atoms with E-state index in [1.54, 1.807) is 0 Å². The summed E-state index contributed by atoms with van der Waals surface area (Å²) in [6, 6.07) is 2.69. The fraction of sp³-hybridized carbons (Fsp3) is 0.364. The molecule has 0 N–H and O–H groups in total. The Balaban J connectivity index is 0.000000921. The molecule has 0 spiro atoms. The largest absolute Gasteiger partial charge is 0.492 e. The third-order valence-electron chi connectivity index (χ3n) is 1.61. The van der Waals surface area contributed by atoms with Gasteiger partial charge in [0.15, 0.2) is 17.3 Å². The second-order valence-electron chi connectivity index (χ2n) is 2.53. The van der Waals surface area contributed by atoms with Gasteiger partial charge in [-0.3, -0.25) is 4.79 Å². The van der Waals surface area contributed by atoms with Crippen LogP contribution in [0.4, 0.5) is 4.39 Å². The van der Waals surface area contributed by atoms with Gasteiger partial charge in [0.25, 0.3) is 0 Å². The maximum atomic E-state index is 13.2. The van der Waals surface area contributed by atoms with Gasteiger partial charge in [-0.15, -0.1) is 0 Å². The van der Waals surface area contributed by atoms with E-state index in [1.165, 1.54) is 20.1 Å². The van der Waals surface area contributed by atoms with Crippen LogP contribution in [0.15, 0.2) is 16.6 Å². The Hall–Kier alpha value is -0.900. The summed E-state index contributed by atoms with van der Waals surface area (Å²) < 4.78 is 18.4. The first-order chi connectivity index (χ1) is 7.06. The van der Waals surface area contributed by atoms with Crippen LogP contribution in [0.5, 0.6) is 5.75 Å². The van der Waals surface area contributed by atoms with Crippen LogP contribution < -0.4 is 4.74 Å². The molecule has 84 valence electrons. The van der Waals surface area contributed by atoms with Crippen molar-refractivity contribution in [2.24, 2.45) is 0 Å². The van der Waals surface area contributed by atoms with E-state index in [9.17, 15) is 9.18 Å². The monoisotopic (exact) mass is 276 g/mol. The molecule has 0 heterocycles. The average molecular weight is 277 g/mol. The van der Waals surface area contributed by atoms with E-state index in [0.717, 1.165) is 6.07 Å². The molecule has 0 aromatic heterocycles. The minimum atomic E-state index is -0.540. The molecule has 0 radical (unpaired) electrons. The summed E-state index contributed by atoms with van der Waals surface area (Å²) in [4.78, 5) is 10.9. The maximum Gasteiger partial charge on any atom is 0.168 e. The van der Waals surface area contributed by atoms with Crippen LogP contribution in [0.2, 0.25) is 0 Å². The van der Waals surface area contributed by atoms with E-state index in [2.05, 4.69) is 15.9 Å². The Morgan fingerprint density at radius 3 is 2.27 bits per heavy atom. The molecular weight excluding hydrogens is 263 g/mol. The Morgan fingerprint density at radius 1 is 1.40 bits per heavy atom. The molecule has 4 heteroatoms. The number of ether oxygens (including phenoxy) is 1. The van der Waals surface area contributed by atoms with Gasteiger partial charge in [-0.1, -0.05) is 13.8 Å². The molecule has 0 saturated carbocycles. The van der Waals surface area contributed by atoms with Crippen molar-refractivity contribution < 1.29 is 13.9 Å². The number of hydrogen-bond acceptors (Lipinski definition) is 2. The van der Waals surface area contributed by atoms with Crippen LogP contribution in [0, 0.1) is 5.82 Å². The molecule has 0 unspecified atom stereocenters. The van der Waals surface area contributed by atoms with Crippen LogP contribution in [0.25, 0.3) is 0 Å². The van der Waals surface area contributed by atoms with Crippen LogP contribution >= 0.6 is 15.9 Å². The summed E-state index contributed by atoms with van der Waals surface area (Å²) in [5.41, 5.74) is 0.324. The van der Waals surface area contributed by atoms with E-state index >= 15 is 0 Å². The summed E-state index contributed by atoms with van der Waals surface area (Å²) in [7, 11) is 1.37. The maximum absolute atomic E-state index is 13.2. The number of carbonyl (C=O) groups excluding carboxylic acids is 1. The number of carbonyl (C=O) groups is 1. The fourth-order valence-electron chi connectivity index (χ4n) is 0.958. The van der Waals surface area contributed by atoms with Crippen LogP contribution in [0.1, 0.15) is 31.1 Å². The molecule has 1 aromatic rings. The molecule has 0 bridgehead atoms. The summed E-state index contributed by atoms with van der Waals surface area (Å²) >= 11 is 3.11. The van der Waals surface area contributed by atoms with E-state index in [1.807, 2.05) is 13.8 Å². The Labute approximate surface area is 97.6 Å². The van der Waals surface area contributed by atoms with Gasteiger partial charge in [-0.2, -0.15) is 0 Å². The lowest BCUT2D eigenvalue weighted by atomic mass is 10.1. The summed E-state index contributed by atoms with van der Waals surface area (Å²) in [6.07, 6.45) is 0. The molecule has 2 nitrogen and oxygen atoms in total. The van der Waals surface area contributed by atoms with E-state index in [0.29, 0.717) is 10.0 Å². The zero-order chi connectivity index (χ0) is 12.0. The lowest BCUT2D eigenvalue weighted by Crippen LogP contribution is -1.96. The molecule has 0 atom stereocenters. The first-order valence-electron chi connectivity index (χ1n) is 4.60. The summed E-state index contributed by atoms with van der Waals surface area (Å²) in [5.74, 6) is -0.602. The van der Waals surface area contributed by atoms with Gasteiger partial charge in [0.05, 0.1) is 11.6 Å². The number of rotatable bonds is 2. The van der Waals surface area contributed by atoms with Gasteiger partial charge in [-0.05, 0) is 35.0 Å². The van der Waals surface area contributed by atoms with Gasteiger partial charge in [0.2, 0.25) is 0 Å². The van der Waals surface area contributed by atoms with E-state index < -0.39 is 5.82 Å². The molecule has 0 aliphatic rings. The van der Waals surface area contributed by atoms with Crippen molar-refractivity contribution in [2.45, 2.75) is 20.8 Å². The molecule has 0 saturated heterocycles. The third-order valence-corrected chi connectivity index (χ3v) is 2.20. The molecule has 0 aliphatic heterocycles. The Kier molecular flexibility index (Phi) is 6.17. The third kappa shape index (κ3) is 3.63. The number of methoxy groups -OCH3 is 1. The fourth-order valence-corrected chi connectivity index (χ4v) is 1.56. The smallest absolute Gasteiger partial charge is 0.168 e. The first-order valence-corrected chi connectivity index (χ1v) is 5.39. The molecular formula is C11H14BrFO2. The molecule has 1 aromatic carbocycles. The zero-order valence-electron chi connectivity index (χ0n) is 9.23. The minimum Gasteiger partial charge on any atom is -0.492 e. The van der Waals surface area contributed by atoms with Gasteiger partial charge in [-0.25, -0.2) is 4.39 Å². The van der Waals surface area contributed by atoms with Gasteiger partial charge < -0.3 is 4.74 Å². The summed E-state index contributed by atoms with van der Waals surface area (Å²) in [6.45, 7) is 5.38. The zero-order valence-corrected chi connectivity index (χ0v) is 10.8. The number of hydrogen-bond donors (Lipinski definition) is 0. The van der Waals surface area contributed by atoms with Crippen molar-refractivity contribution in [1.29, 1.82) is 0 Å². The van der Waals surface area contributed by atoms with Crippen LogP contribution in [-0.4, -0.2) is 12.9 Å². The van der Waals surface area contributed by atoms with E-state index in [4.69, 9.17) is 4.74 Å². The molecule has 0 amide bonds. The second-order valence-corrected chi connectivity index (χ2v) is 3.38. The van der Waals surface area contributed by atoms with Crippen molar-refractivity contribution in [3.63, 3.8) is 0 Å². The highest BCUT2D eigenvalue weighted by molar-refractivity contribution is 9.10. The molecule has 0 fully saturated rings. The first kappa shape index (κ1) is 14.1. The number of halogens is 2. The van der Waals surface area contributed by atoms with Crippen molar-refractivity contribution in [3.8, 4) is 5.75 Å². The Morgan fingerprint density at radius 2 is 1.93 bits per heavy atom. The highest BCUT2D eigenvalue weighted by Gasteiger charge is 2.11. The average Bonchev–Trinajstić information content (AvgIpc) is 2.20. The van der Waals surface area contributed by atoms with Crippen LogP contribution in [-0.2, 0) is 0 Å². The topological polar surface area (TPSA) is 26.3 Å². The lowest BCUT2D eigenvalue weighted by molar-refractivity contribution is 0.101. The van der Waals surface area contributed by atoms with Crippen molar-refractivity contribution in [1.82, 2.24) is 0 Å². The SMILES string of the molecule is CC.COc1c(F)cc(C(C)=O)cc1Br. The standard InChI is InChI=1S/C9H8BrFO2.C2H6/c1-5(12)6-3-7(10)9(13-2)8(11)4-6;1-2/h3-4H,1-2H3;1-2H3. The summed E-state index contributed by atoms with van der Waals surface area (Å²) in [5, 5.41) is 0. The van der Waals surface area contributed by atoms with Crippen molar-refractivity contribution in [2.75, 3.05) is 7.11 Å². The molecule has 0 aliphatic carbocycles. The predicted octanol–water partition coefficient (Wildman–Crippen LogP) is 3.83. The van der Waals surface area contributed by atoms with Gasteiger partial charge in [0, 0.05) is 5.56 Å². The molecule has 15 heavy (non-hydrogen) atoms. The Bertz CT molecular complexity index is 327. The second kappa shape index (κ2) is 6.56. The van der Waals surface area contributed by atoms with Crippen molar-refractivity contribution >= 4 is 21.7 Å². The predicted molar refractivity (Wildman–Crippen MR) is 62.0 cm³/mol. The highest BCUT2D eigenvalue weighted by atomic mass is 79.9. The molecule has 1 rings (SSSR count). The van der Waals surface area contributed by atoms with Gasteiger partial charge in [0.1, 0.15) is 0 Å². The van der Waals surface area contributed by atoms with E-state index in [-0.39, 0.29) is 11.5 Å².